The molecule has 3 rings (SSSR count). The van der Waals surface area contributed by atoms with Gasteiger partial charge in [0.2, 0.25) is 0 Å². The number of nitrogens with zero attached hydrogens (tertiary/aromatic N) is 2. The number of thiophene rings is 1. The van der Waals surface area contributed by atoms with Crippen LogP contribution in [0.2, 0.25) is 0 Å². The minimum absolute atomic E-state index is 0.102. The molecule has 1 atom stereocenters. The molecule has 2 heterocycles. The summed E-state index contributed by atoms with van der Waals surface area (Å²) in [6, 6.07) is 0.102. The minimum atomic E-state index is -0.637. The van der Waals surface area contributed by atoms with E-state index in [0.717, 1.165) is 23.3 Å². The maximum Gasteiger partial charge on any atom is 0.326 e. The summed E-state index contributed by atoms with van der Waals surface area (Å²) in [5.41, 5.74) is 0.615. The molecule has 0 spiro atoms. The quantitative estimate of drug-likeness (QED) is 0.786. The summed E-state index contributed by atoms with van der Waals surface area (Å²) in [7, 11) is 0. The van der Waals surface area contributed by atoms with Crippen LogP contribution in [0.15, 0.2) is 11.1 Å². The molecule has 0 radical (unpaired) electrons. The number of rotatable bonds is 6. The summed E-state index contributed by atoms with van der Waals surface area (Å²) in [5.74, 6) is -0.423. The number of ether oxygens (including phenoxy) is 1. The van der Waals surface area contributed by atoms with Gasteiger partial charge in [0, 0.05) is 10.9 Å². The number of fused-ring (bicyclic) bond motifs is 1. The summed E-state index contributed by atoms with van der Waals surface area (Å²) in [6.45, 7) is 5.15. The Morgan fingerprint density at radius 2 is 2.16 bits per heavy atom. The maximum absolute atomic E-state index is 12.5. The number of hydrogen-bond acceptors (Lipinski definition) is 6. The summed E-state index contributed by atoms with van der Waals surface area (Å²) in [6.07, 6.45) is 3.60. The fourth-order valence-electron chi connectivity index (χ4n) is 2.72. The Morgan fingerprint density at radius 1 is 1.44 bits per heavy atom. The first-order valence-electron chi connectivity index (χ1n) is 8.27. The lowest BCUT2D eigenvalue weighted by molar-refractivity contribution is -0.149. The van der Waals surface area contributed by atoms with Gasteiger partial charge in [0.25, 0.3) is 11.5 Å². The van der Waals surface area contributed by atoms with Crippen LogP contribution in [0.5, 0.6) is 0 Å². The summed E-state index contributed by atoms with van der Waals surface area (Å²) >= 11 is 1.45. The van der Waals surface area contributed by atoms with E-state index < -0.39 is 5.97 Å². The van der Waals surface area contributed by atoms with Crippen molar-refractivity contribution in [3.8, 4) is 0 Å². The molecule has 8 heteroatoms. The molecule has 1 saturated carbocycles. The smallest absolute Gasteiger partial charge is 0.326 e. The highest BCUT2D eigenvalue weighted by atomic mass is 32.1. The number of amides is 1. The van der Waals surface area contributed by atoms with Crippen LogP contribution in [0.3, 0.4) is 0 Å². The highest BCUT2D eigenvalue weighted by molar-refractivity contribution is 7.18. The number of aromatic nitrogens is 2. The van der Waals surface area contributed by atoms with Gasteiger partial charge < -0.3 is 10.1 Å². The van der Waals surface area contributed by atoms with Gasteiger partial charge >= 0.3 is 5.97 Å². The first kappa shape index (κ1) is 17.6. The van der Waals surface area contributed by atoms with E-state index in [1.165, 1.54) is 22.2 Å². The van der Waals surface area contributed by atoms with Gasteiger partial charge in [-0.05, 0) is 45.1 Å². The second-order valence-electron chi connectivity index (χ2n) is 6.50. The van der Waals surface area contributed by atoms with Crippen molar-refractivity contribution in [3.05, 3.63) is 27.1 Å². The Morgan fingerprint density at radius 3 is 2.84 bits per heavy atom. The molecule has 7 nitrogen and oxygen atoms in total. The van der Waals surface area contributed by atoms with Crippen molar-refractivity contribution >= 4 is 33.4 Å². The van der Waals surface area contributed by atoms with Crippen LogP contribution in [0.1, 0.15) is 30.2 Å². The highest BCUT2D eigenvalue weighted by Crippen LogP contribution is 2.32. The summed E-state index contributed by atoms with van der Waals surface area (Å²) in [5, 5.41) is 3.35. The van der Waals surface area contributed by atoms with Gasteiger partial charge in [-0.1, -0.05) is 0 Å². The second kappa shape index (κ2) is 6.95. The standard InChI is InChI=1S/C17H21N3O4S/c1-9-11(3)25-16-15(9)17(23)20(8-18-16)6-14(22)24-7-13(21)19-10(2)12-4-5-12/h8,10,12H,4-7H2,1-3H3,(H,19,21)/t10-/m1/s1. The van der Waals surface area contributed by atoms with Gasteiger partial charge in [0.15, 0.2) is 6.61 Å². The van der Waals surface area contributed by atoms with E-state index in [4.69, 9.17) is 4.74 Å². The van der Waals surface area contributed by atoms with E-state index in [0.29, 0.717) is 16.1 Å². The SMILES string of the molecule is Cc1sc2ncn(CC(=O)OCC(=O)N[C@H](C)C3CC3)c(=O)c2c1C. The second-order valence-corrected chi connectivity index (χ2v) is 7.70. The predicted molar refractivity (Wildman–Crippen MR) is 94.6 cm³/mol. The van der Waals surface area contributed by atoms with Crippen LogP contribution >= 0.6 is 11.3 Å². The fourth-order valence-corrected chi connectivity index (χ4v) is 3.71. The Kier molecular flexibility index (Phi) is 4.89. The van der Waals surface area contributed by atoms with E-state index in [1.54, 1.807) is 0 Å². The van der Waals surface area contributed by atoms with Crippen molar-refractivity contribution < 1.29 is 14.3 Å². The largest absolute Gasteiger partial charge is 0.454 e. The fraction of sp³-hybridized carbons (Fsp3) is 0.529. The van der Waals surface area contributed by atoms with E-state index in [2.05, 4.69) is 10.3 Å². The Hall–Kier alpha value is -2.22. The van der Waals surface area contributed by atoms with E-state index >= 15 is 0 Å². The molecule has 134 valence electrons. The lowest BCUT2D eigenvalue weighted by atomic mass is 10.2. The third kappa shape index (κ3) is 3.89. The minimum Gasteiger partial charge on any atom is -0.454 e. The number of nitrogens with one attached hydrogen (secondary N) is 1. The van der Waals surface area contributed by atoms with Crippen LogP contribution in [0, 0.1) is 19.8 Å². The molecule has 1 N–H and O–H groups in total. The monoisotopic (exact) mass is 363 g/mol. The first-order chi connectivity index (χ1) is 11.9. The molecule has 2 aromatic heterocycles. The molecule has 2 aromatic rings. The molecule has 1 fully saturated rings. The topological polar surface area (TPSA) is 90.3 Å². The van der Waals surface area contributed by atoms with E-state index in [1.807, 2.05) is 20.8 Å². The van der Waals surface area contributed by atoms with Gasteiger partial charge in [0.1, 0.15) is 11.4 Å². The maximum atomic E-state index is 12.5. The third-order valence-electron chi connectivity index (χ3n) is 4.54. The molecule has 0 unspecified atom stereocenters. The zero-order chi connectivity index (χ0) is 18.1. The summed E-state index contributed by atoms with van der Waals surface area (Å²) in [4.78, 5) is 42.1. The van der Waals surface area contributed by atoms with Crippen molar-refractivity contribution in [3.63, 3.8) is 0 Å². The van der Waals surface area contributed by atoms with Gasteiger partial charge in [-0.25, -0.2) is 4.98 Å². The van der Waals surface area contributed by atoms with Crippen molar-refractivity contribution in [2.45, 2.75) is 46.2 Å². The lowest BCUT2D eigenvalue weighted by Crippen LogP contribution is -2.37. The molecular weight excluding hydrogens is 342 g/mol. The van der Waals surface area contributed by atoms with Crippen LogP contribution in [0.4, 0.5) is 0 Å². The highest BCUT2D eigenvalue weighted by Gasteiger charge is 2.29. The average Bonchev–Trinajstić information content (AvgIpc) is 3.36. The number of hydrogen-bond donors (Lipinski definition) is 1. The van der Waals surface area contributed by atoms with E-state index in [9.17, 15) is 14.4 Å². The Bertz CT molecular complexity index is 882. The van der Waals surface area contributed by atoms with E-state index in [-0.39, 0.29) is 30.7 Å². The molecule has 1 amide bonds. The molecule has 0 saturated heterocycles. The number of carbonyl (C=O) groups excluding carboxylic acids is 2. The van der Waals surface area contributed by atoms with Crippen molar-refractivity contribution in [2.75, 3.05) is 6.61 Å². The van der Waals surface area contributed by atoms with Gasteiger partial charge in [0.05, 0.1) is 11.7 Å². The predicted octanol–water partition coefficient (Wildman–Crippen LogP) is 1.53. The van der Waals surface area contributed by atoms with Crippen LogP contribution in [0.25, 0.3) is 10.2 Å². The molecule has 25 heavy (non-hydrogen) atoms. The van der Waals surface area contributed by atoms with Gasteiger partial charge in [-0.15, -0.1) is 11.3 Å². The molecule has 1 aliphatic carbocycles. The average molecular weight is 363 g/mol. The lowest BCUT2D eigenvalue weighted by Gasteiger charge is -2.13. The zero-order valence-corrected chi connectivity index (χ0v) is 15.3. The first-order valence-corrected chi connectivity index (χ1v) is 9.08. The third-order valence-corrected chi connectivity index (χ3v) is 5.65. The van der Waals surface area contributed by atoms with Crippen molar-refractivity contribution in [2.24, 2.45) is 5.92 Å². The molecule has 0 bridgehead atoms. The molecule has 1 aliphatic rings. The Balaban J connectivity index is 1.60. The van der Waals surface area contributed by atoms with Crippen molar-refractivity contribution in [1.29, 1.82) is 0 Å². The number of carbonyl (C=O) groups is 2. The summed E-state index contributed by atoms with van der Waals surface area (Å²) < 4.78 is 6.19. The zero-order valence-electron chi connectivity index (χ0n) is 14.5. The number of esters is 1. The molecule has 0 aromatic carbocycles. The molecular formula is C17H21N3O4S. The molecule has 0 aliphatic heterocycles. The van der Waals surface area contributed by atoms with Gasteiger partial charge in [-0.3, -0.25) is 19.0 Å². The van der Waals surface area contributed by atoms with Crippen molar-refractivity contribution in [1.82, 2.24) is 14.9 Å². The normalized spacial score (nSPS) is 15.2. The van der Waals surface area contributed by atoms with Crippen LogP contribution in [-0.4, -0.2) is 34.1 Å². The van der Waals surface area contributed by atoms with Crippen LogP contribution < -0.4 is 10.9 Å². The van der Waals surface area contributed by atoms with Crippen LogP contribution in [-0.2, 0) is 20.9 Å². The number of aryl methyl sites for hydroxylation is 2. The van der Waals surface area contributed by atoms with Gasteiger partial charge in [-0.2, -0.15) is 0 Å². The Labute approximate surface area is 149 Å².